The number of phenols is 1. The van der Waals surface area contributed by atoms with Gasteiger partial charge in [-0.15, -0.1) is 0 Å². The summed E-state index contributed by atoms with van der Waals surface area (Å²) in [7, 11) is 0. The van der Waals surface area contributed by atoms with Crippen molar-refractivity contribution in [1.29, 1.82) is 0 Å². The van der Waals surface area contributed by atoms with Gasteiger partial charge in [-0.25, -0.2) is 9.79 Å². The zero-order valence-electron chi connectivity index (χ0n) is 21.9. The molecular formula is C28H28IN3O6S. The maximum atomic E-state index is 13.9. The van der Waals surface area contributed by atoms with Crippen LogP contribution in [0.15, 0.2) is 57.5 Å². The number of allylic oxidation sites excluding steroid dienone is 1. The van der Waals surface area contributed by atoms with Gasteiger partial charge in [0.05, 0.1) is 36.9 Å². The molecule has 0 amide bonds. The number of phenolic OH excluding ortho intramolecular Hbond substituents is 1. The number of thiazole rings is 1. The molecule has 0 saturated carbocycles. The summed E-state index contributed by atoms with van der Waals surface area (Å²) in [6.07, 6.45) is 2.82. The van der Waals surface area contributed by atoms with Crippen LogP contribution in [0.4, 0.5) is 5.69 Å². The zero-order chi connectivity index (χ0) is 28.4. The molecule has 11 heteroatoms. The summed E-state index contributed by atoms with van der Waals surface area (Å²) in [5, 5.41) is 21.5. The average Bonchev–Trinajstić information content (AvgIpc) is 3.19. The molecule has 0 spiro atoms. The molecule has 0 saturated heterocycles. The van der Waals surface area contributed by atoms with Crippen LogP contribution in [0.2, 0.25) is 0 Å². The van der Waals surface area contributed by atoms with Gasteiger partial charge in [0.2, 0.25) is 5.75 Å². The summed E-state index contributed by atoms with van der Waals surface area (Å²) in [6.45, 7) is 8.10. The summed E-state index contributed by atoms with van der Waals surface area (Å²) in [6, 6.07) is 9.90. The van der Waals surface area contributed by atoms with E-state index in [1.165, 1.54) is 10.6 Å². The summed E-state index contributed by atoms with van der Waals surface area (Å²) < 4.78 is 7.52. The number of benzene rings is 2. The highest BCUT2D eigenvalue weighted by molar-refractivity contribution is 14.1. The fourth-order valence-corrected chi connectivity index (χ4v) is 6.13. The molecule has 1 aliphatic heterocycles. The van der Waals surface area contributed by atoms with Crippen LogP contribution >= 0.6 is 33.9 Å². The van der Waals surface area contributed by atoms with Gasteiger partial charge in [-0.05, 0) is 70.7 Å². The molecule has 204 valence electrons. The van der Waals surface area contributed by atoms with E-state index in [0.717, 1.165) is 28.9 Å². The monoisotopic (exact) mass is 661 g/mol. The first kappa shape index (κ1) is 28.7. The Hall–Kier alpha value is -3.32. The van der Waals surface area contributed by atoms with Crippen molar-refractivity contribution in [1.82, 2.24) is 4.57 Å². The third-order valence-corrected chi connectivity index (χ3v) is 8.18. The van der Waals surface area contributed by atoms with Gasteiger partial charge in [0, 0.05) is 6.07 Å². The van der Waals surface area contributed by atoms with E-state index >= 15 is 0 Å². The first-order valence-corrected chi connectivity index (χ1v) is 14.5. The van der Waals surface area contributed by atoms with Crippen molar-refractivity contribution in [3.8, 4) is 5.75 Å². The van der Waals surface area contributed by atoms with Crippen molar-refractivity contribution in [2.24, 2.45) is 4.99 Å². The molecule has 0 aliphatic carbocycles. The first-order valence-electron chi connectivity index (χ1n) is 12.6. The van der Waals surface area contributed by atoms with Crippen LogP contribution in [0.3, 0.4) is 0 Å². The van der Waals surface area contributed by atoms with Crippen molar-refractivity contribution in [3.05, 3.63) is 97.7 Å². The largest absolute Gasteiger partial charge is 0.501 e. The van der Waals surface area contributed by atoms with Crippen LogP contribution < -0.4 is 14.9 Å². The Kier molecular flexibility index (Phi) is 8.70. The molecule has 1 N–H and O–H groups in total. The molecule has 0 fully saturated rings. The van der Waals surface area contributed by atoms with E-state index in [1.54, 1.807) is 19.1 Å². The molecule has 1 aliphatic rings. The van der Waals surface area contributed by atoms with E-state index < -0.39 is 28.4 Å². The van der Waals surface area contributed by atoms with Crippen molar-refractivity contribution in [3.63, 3.8) is 0 Å². The van der Waals surface area contributed by atoms with Crippen LogP contribution in [-0.4, -0.2) is 27.2 Å². The molecule has 0 radical (unpaired) electrons. The Morgan fingerprint density at radius 1 is 1.28 bits per heavy atom. The highest BCUT2D eigenvalue weighted by atomic mass is 127. The van der Waals surface area contributed by atoms with Crippen LogP contribution in [-0.2, 0) is 9.53 Å². The Labute approximate surface area is 242 Å². The number of nitro groups is 1. The standard InChI is InChI=1S/C28H28IN3O6S/c1-5-7-20-23(27(35)38-6-2)24(18-10-8-17(9-11-18)15(3)4)31-26(34)22(39-28(31)30-20)14-16-12-19(29)25(33)21(13-16)32(36)37/h8-15,24,33H,5-7H2,1-4H3/b22-14-/t24-/m0/s1. The quantitative estimate of drug-likeness (QED) is 0.158. The number of nitro benzene ring substituents is 1. The first-order chi connectivity index (χ1) is 18.6. The van der Waals surface area contributed by atoms with Gasteiger partial charge >= 0.3 is 11.7 Å². The van der Waals surface area contributed by atoms with Crippen molar-refractivity contribution >= 4 is 51.7 Å². The van der Waals surface area contributed by atoms with Crippen molar-refractivity contribution in [2.45, 2.75) is 52.5 Å². The number of carbonyl (C=O) groups excluding carboxylic acids is 1. The molecule has 2 aromatic carbocycles. The fourth-order valence-electron chi connectivity index (χ4n) is 4.48. The lowest BCUT2D eigenvalue weighted by Crippen LogP contribution is -2.40. The van der Waals surface area contributed by atoms with Crippen molar-refractivity contribution in [2.75, 3.05) is 6.61 Å². The number of carbonyl (C=O) groups is 1. The smallest absolute Gasteiger partial charge is 0.338 e. The normalized spacial score (nSPS) is 15.3. The third-order valence-electron chi connectivity index (χ3n) is 6.37. The molecule has 1 aromatic heterocycles. The number of fused-ring (bicyclic) bond motifs is 1. The van der Waals surface area contributed by atoms with E-state index in [4.69, 9.17) is 9.73 Å². The molecule has 1 atom stereocenters. The van der Waals surface area contributed by atoms with Gasteiger partial charge in [0.1, 0.15) is 0 Å². The van der Waals surface area contributed by atoms with E-state index in [0.29, 0.717) is 42.1 Å². The Balaban J connectivity index is 1.99. The molecule has 4 rings (SSSR count). The second-order valence-corrected chi connectivity index (χ2v) is 11.5. The SMILES string of the molecule is CCCC1=C(C(=O)OCC)[C@H](c2ccc(C(C)C)cc2)n2c(s/c(=C\c3cc(I)c(O)c([N+](=O)[O-])c3)c2=O)=N1. The van der Waals surface area contributed by atoms with Gasteiger partial charge in [-0.1, -0.05) is 62.8 Å². The number of aromatic hydroxyl groups is 1. The number of rotatable bonds is 8. The predicted octanol–water partition coefficient (Wildman–Crippen LogP) is 4.92. The predicted molar refractivity (Wildman–Crippen MR) is 158 cm³/mol. The summed E-state index contributed by atoms with van der Waals surface area (Å²) in [4.78, 5) is 43.1. The number of aromatic nitrogens is 1. The molecule has 39 heavy (non-hydrogen) atoms. The summed E-state index contributed by atoms with van der Waals surface area (Å²) in [5.74, 6) is -0.623. The average molecular weight is 662 g/mol. The van der Waals surface area contributed by atoms with E-state index in [-0.39, 0.29) is 12.2 Å². The Bertz CT molecular complexity index is 1650. The minimum atomic E-state index is -0.737. The zero-order valence-corrected chi connectivity index (χ0v) is 24.9. The van der Waals surface area contributed by atoms with Crippen LogP contribution in [0.5, 0.6) is 5.75 Å². The molecule has 0 bridgehead atoms. The second-order valence-electron chi connectivity index (χ2n) is 9.36. The number of hydrogen-bond donors (Lipinski definition) is 1. The summed E-state index contributed by atoms with van der Waals surface area (Å²) >= 11 is 2.96. The Morgan fingerprint density at radius 2 is 1.97 bits per heavy atom. The van der Waals surface area contributed by atoms with Crippen molar-refractivity contribution < 1.29 is 19.6 Å². The maximum Gasteiger partial charge on any atom is 0.338 e. The van der Waals surface area contributed by atoms with Crippen LogP contribution in [0.1, 0.15) is 69.2 Å². The fraction of sp³-hybridized carbons (Fsp3) is 0.321. The van der Waals surface area contributed by atoms with Gasteiger partial charge in [0.15, 0.2) is 4.80 Å². The molecule has 3 aromatic rings. The maximum absolute atomic E-state index is 13.9. The van der Waals surface area contributed by atoms with E-state index in [9.17, 15) is 24.8 Å². The Morgan fingerprint density at radius 3 is 2.56 bits per heavy atom. The lowest BCUT2D eigenvalue weighted by molar-refractivity contribution is -0.386. The highest BCUT2D eigenvalue weighted by Crippen LogP contribution is 2.34. The lowest BCUT2D eigenvalue weighted by atomic mass is 9.92. The highest BCUT2D eigenvalue weighted by Gasteiger charge is 2.34. The van der Waals surface area contributed by atoms with Gasteiger partial charge in [-0.3, -0.25) is 19.5 Å². The van der Waals surface area contributed by atoms with E-state index in [1.807, 2.05) is 53.8 Å². The second kappa shape index (κ2) is 11.8. The number of halogens is 1. The van der Waals surface area contributed by atoms with Gasteiger partial charge < -0.3 is 9.84 Å². The minimum Gasteiger partial charge on any atom is -0.501 e. The lowest BCUT2D eigenvalue weighted by Gasteiger charge is -2.26. The molecular weight excluding hydrogens is 633 g/mol. The molecule has 2 heterocycles. The number of nitrogens with zero attached hydrogens (tertiary/aromatic N) is 3. The molecule has 9 nitrogen and oxygen atoms in total. The number of ether oxygens (including phenoxy) is 1. The van der Waals surface area contributed by atoms with Crippen LogP contribution in [0, 0.1) is 13.7 Å². The number of esters is 1. The summed E-state index contributed by atoms with van der Waals surface area (Å²) in [5.41, 5.74) is 2.38. The van der Waals surface area contributed by atoms with Gasteiger partial charge in [-0.2, -0.15) is 0 Å². The van der Waals surface area contributed by atoms with E-state index in [2.05, 4.69) is 13.8 Å². The molecule has 0 unspecified atom stereocenters. The minimum absolute atomic E-state index is 0.184. The topological polar surface area (TPSA) is 124 Å². The third kappa shape index (κ3) is 5.69. The number of hydrogen-bond acceptors (Lipinski definition) is 8. The van der Waals surface area contributed by atoms with Gasteiger partial charge in [0.25, 0.3) is 5.56 Å². The van der Waals surface area contributed by atoms with Crippen LogP contribution in [0.25, 0.3) is 6.08 Å².